The molecule has 0 spiro atoms. The average molecular weight is 405 g/mol. The molecule has 0 aromatic carbocycles. The summed E-state index contributed by atoms with van der Waals surface area (Å²) in [6, 6.07) is 3.37. The molecular weight excluding hydrogens is 372 g/mol. The summed E-state index contributed by atoms with van der Waals surface area (Å²) in [4.78, 5) is 30.3. The minimum absolute atomic E-state index is 0.164. The highest BCUT2D eigenvalue weighted by Gasteiger charge is 2.32. The van der Waals surface area contributed by atoms with Crippen molar-refractivity contribution >= 4 is 29.4 Å². The number of unbranched alkanes of at least 4 members (excludes halogenated alkanes) is 3. The molecule has 3 rings (SSSR count). The van der Waals surface area contributed by atoms with E-state index in [9.17, 15) is 9.59 Å². The van der Waals surface area contributed by atoms with E-state index in [2.05, 4.69) is 20.5 Å². The van der Waals surface area contributed by atoms with Crippen molar-refractivity contribution in [3.05, 3.63) is 24.5 Å². The first-order chi connectivity index (χ1) is 13.7. The summed E-state index contributed by atoms with van der Waals surface area (Å²) in [5, 5.41) is 5.92. The molecule has 3 heterocycles. The molecule has 0 bridgehead atoms. The zero-order valence-corrected chi connectivity index (χ0v) is 17.4. The molecule has 28 heavy (non-hydrogen) atoms. The molecule has 2 aliphatic rings. The molecule has 2 N–H and O–H groups in total. The van der Waals surface area contributed by atoms with Gasteiger partial charge < -0.3 is 15.5 Å². The van der Waals surface area contributed by atoms with E-state index >= 15 is 0 Å². The number of carbonyl (C=O) groups is 2. The third-order valence-corrected chi connectivity index (χ3v) is 6.93. The lowest BCUT2D eigenvalue weighted by Crippen LogP contribution is -2.35. The van der Waals surface area contributed by atoms with Gasteiger partial charge in [-0.15, -0.1) is 11.8 Å². The Balaban J connectivity index is 1.18. The predicted octanol–water partition coefficient (Wildman–Crippen LogP) is 3.90. The van der Waals surface area contributed by atoms with E-state index in [1.54, 1.807) is 24.5 Å². The van der Waals surface area contributed by atoms with E-state index in [-0.39, 0.29) is 11.3 Å². The molecule has 1 aromatic heterocycles. The largest absolute Gasteiger partial charge is 0.341 e. The molecule has 6 nitrogen and oxygen atoms in total. The number of nitrogens with one attached hydrogen (secondary N) is 2. The van der Waals surface area contributed by atoms with Crippen LogP contribution in [0.2, 0.25) is 0 Å². The maximum absolute atomic E-state index is 12.5. The van der Waals surface area contributed by atoms with Gasteiger partial charge in [-0.3, -0.25) is 9.78 Å². The van der Waals surface area contributed by atoms with Crippen LogP contribution in [-0.2, 0) is 4.79 Å². The fourth-order valence-electron chi connectivity index (χ4n) is 3.97. The number of carbonyl (C=O) groups excluding carboxylic acids is 2. The first kappa shape index (κ1) is 21.0. The van der Waals surface area contributed by atoms with Crippen LogP contribution in [0, 0.1) is 5.92 Å². The Morgan fingerprint density at radius 2 is 1.96 bits per heavy atom. The van der Waals surface area contributed by atoms with Gasteiger partial charge in [-0.1, -0.05) is 19.3 Å². The number of hydrogen-bond acceptors (Lipinski definition) is 4. The highest BCUT2D eigenvalue weighted by Crippen LogP contribution is 2.30. The molecule has 0 radical (unpaired) electrons. The Morgan fingerprint density at radius 3 is 2.75 bits per heavy atom. The minimum atomic E-state index is -0.164. The van der Waals surface area contributed by atoms with E-state index in [1.165, 1.54) is 32.1 Å². The molecule has 2 atom stereocenters. The van der Waals surface area contributed by atoms with Gasteiger partial charge in [-0.2, -0.15) is 0 Å². The lowest BCUT2D eigenvalue weighted by Gasteiger charge is -2.20. The quantitative estimate of drug-likeness (QED) is 0.612. The Hall–Kier alpha value is -1.76. The molecule has 0 aliphatic carbocycles. The van der Waals surface area contributed by atoms with Gasteiger partial charge in [0, 0.05) is 37.7 Å². The van der Waals surface area contributed by atoms with Gasteiger partial charge in [0.15, 0.2) is 0 Å². The molecule has 0 saturated carbocycles. The summed E-state index contributed by atoms with van der Waals surface area (Å²) in [7, 11) is 0. The maximum Gasteiger partial charge on any atom is 0.319 e. The second-order valence-electron chi connectivity index (χ2n) is 7.76. The standard InChI is InChI=1S/C21H32N4O2S/c26-20(19-7-5-15-28-19)25-14-10-17(16-25)6-3-1-2-4-11-23-21(27)24-18-8-12-22-13-9-18/h8-9,12-13,17,19H,1-7,10-11,14-16H2,(H2,22,23,24,27). The second kappa shape index (κ2) is 11.3. The molecule has 2 saturated heterocycles. The van der Waals surface area contributed by atoms with Gasteiger partial charge in [-0.05, 0) is 55.9 Å². The molecule has 7 heteroatoms. The second-order valence-corrected chi connectivity index (χ2v) is 9.07. The third kappa shape index (κ3) is 6.69. The molecule has 3 amide bonds. The van der Waals surface area contributed by atoms with Crippen molar-refractivity contribution < 1.29 is 9.59 Å². The van der Waals surface area contributed by atoms with Crippen molar-refractivity contribution in [1.29, 1.82) is 0 Å². The molecule has 2 aliphatic heterocycles. The smallest absolute Gasteiger partial charge is 0.319 e. The van der Waals surface area contributed by atoms with E-state index < -0.39 is 0 Å². The lowest BCUT2D eigenvalue weighted by molar-refractivity contribution is -0.129. The monoisotopic (exact) mass is 404 g/mol. The summed E-state index contributed by atoms with van der Waals surface area (Å²) < 4.78 is 0. The van der Waals surface area contributed by atoms with Crippen LogP contribution < -0.4 is 10.6 Å². The SMILES string of the molecule is O=C(NCCCCCCC1CCN(C(=O)C2CCCS2)C1)Nc1ccncc1. The third-order valence-electron chi connectivity index (χ3n) is 5.57. The number of urea groups is 1. The van der Waals surface area contributed by atoms with Crippen molar-refractivity contribution in [1.82, 2.24) is 15.2 Å². The van der Waals surface area contributed by atoms with Gasteiger partial charge >= 0.3 is 6.03 Å². The topological polar surface area (TPSA) is 74.3 Å². The van der Waals surface area contributed by atoms with E-state index in [0.29, 0.717) is 18.4 Å². The Morgan fingerprint density at radius 1 is 1.14 bits per heavy atom. The van der Waals surface area contributed by atoms with Crippen LogP contribution in [0.5, 0.6) is 0 Å². The Bertz CT molecular complexity index is 622. The number of amides is 3. The highest BCUT2D eigenvalue weighted by atomic mass is 32.2. The van der Waals surface area contributed by atoms with Crippen molar-refractivity contribution in [2.75, 3.05) is 30.7 Å². The molecule has 154 valence electrons. The average Bonchev–Trinajstić information content (AvgIpc) is 3.40. The molecular formula is C21H32N4O2S. The number of anilines is 1. The van der Waals surface area contributed by atoms with E-state index in [4.69, 9.17) is 0 Å². The number of likely N-dealkylation sites (tertiary alicyclic amines) is 1. The summed E-state index contributed by atoms with van der Waals surface area (Å²) in [5.74, 6) is 2.22. The van der Waals surface area contributed by atoms with Crippen molar-refractivity contribution in [3.63, 3.8) is 0 Å². The van der Waals surface area contributed by atoms with Gasteiger partial charge in [-0.25, -0.2) is 4.79 Å². The Kier molecular flexibility index (Phi) is 8.45. The minimum Gasteiger partial charge on any atom is -0.341 e. The van der Waals surface area contributed by atoms with Gasteiger partial charge in [0.1, 0.15) is 0 Å². The van der Waals surface area contributed by atoms with Crippen LogP contribution in [0.3, 0.4) is 0 Å². The van der Waals surface area contributed by atoms with Crippen molar-refractivity contribution in [2.45, 2.75) is 56.6 Å². The summed E-state index contributed by atoms with van der Waals surface area (Å²) in [5.41, 5.74) is 0.753. The fourth-order valence-corrected chi connectivity index (χ4v) is 5.21. The number of thioether (sulfide) groups is 1. The summed E-state index contributed by atoms with van der Waals surface area (Å²) >= 11 is 1.84. The van der Waals surface area contributed by atoms with Crippen molar-refractivity contribution in [2.24, 2.45) is 5.92 Å². The number of aromatic nitrogens is 1. The van der Waals surface area contributed by atoms with Crippen LogP contribution in [0.1, 0.15) is 51.4 Å². The zero-order valence-electron chi connectivity index (χ0n) is 16.6. The van der Waals surface area contributed by atoms with Crippen LogP contribution in [0.25, 0.3) is 0 Å². The zero-order chi connectivity index (χ0) is 19.6. The summed E-state index contributed by atoms with van der Waals surface area (Å²) in [6.45, 7) is 2.62. The van der Waals surface area contributed by atoms with Gasteiger partial charge in [0.05, 0.1) is 5.25 Å². The number of rotatable bonds is 9. The lowest BCUT2D eigenvalue weighted by atomic mass is 10.00. The fraction of sp³-hybridized carbons (Fsp3) is 0.667. The first-order valence-corrected chi connectivity index (χ1v) is 11.6. The van der Waals surface area contributed by atoms with Crippen LogP contribution in [-0.4, -0.2) is 52.5 Å². The number of hydrogen-bond donors (Lipinski definition) is 2. The molecule has 2 unspecified atom stereocenters. The maximum atomic E-state index is 12.5. The highest BCUT2D eigenvalue weighted by molar-refractivity contribution is 8.00. The predicted molar refractivity (Wildman–Crippen MR) is 115 cm³/mol. The van der Waals surface area contributed by atoms with E-state index in [1.807, 2.05) is 11.8 Å². The van der Waals surface area contributed by atoms with E-state index in [0.717, 1.165) is 43.8 Å². The number of pyridine rings is 1. The first-order valence-electron chi connectivity index (χ1n) is 10.6. The van der Waals surface area contributed by atoms with Gasteiger partial charge in [0.25, 0.3) is 0 Å². The van der Waals surface area contributed by atoms with Crippen LogP contribution in [0.15, 0.2) is 24.5 Å². The Labute approximate surface area is 172 Å². The van der Waals surface area contributed by atoms with Crippen LogP contribution >= 0.6 is 11.8 Å². The van der Waals surface area contributed by atoms with Crippen molar-refractivity contribution in [3.8, 4) is 0 Å². The summed E-state index contributed by atoms with van der Waals surface area (Å²) in [6.07, 6.45) is 12.5. The molecule has 2 fully saturated rings. The van der Waals surface area contributed by atoms with Crippen LogP contribution in [0.4, 0.5) is 10.5 Å². The van der Waals surface area contributed by atoms with Gasteiger partial charge in [0.2, 0.25) is 5.91 Å². The normalized spacial score (nSPS) is 21.6. The number of nitrogens with zero attached hydrogens (tertiary/aromatic N) is 2. The molecule has 1 aromatic rings.